The van der Waals surface area contributed by atoms with Crippen LogP contribution >= 0.6 is 23.2 Å². The number of carbonyl (C=O) groups is 1. The van der Waals surface area contributed by atoms with Crippen LogP contribution in [-0.2, 0) is 25.0 Å². The highest BCUT2D eigenvalue weighted by molar-refractivity contribution is 7.82. The number of halogens is 2. The van der Waals surface area contributed by atoms with Gasteiger partial charge >= 0.3 is 16.5 Å². The van der Waals surface area contributed by atoms with E-state index in [9.17, 15) is 13.2 Å². The maximum absolute atomic E-state index is 11.8. The fourth-order valence-electron chi connectivity index (χ4n) is 2.85. The Balaban J connectivity index is 1.46. The van der Waals surface area contributed by atoms with E-state index in [-0.39, 0.29) is 15.8 Å². The highest BCUT2D eigenvalue weighted by atomic mass is 35.5. The van der Waals surface area contributed by atoms with E-state index in [0.717, 1.165) is 5.56 Å². The van der Waals surface area contributed by atoms with Crippen LogP contribution in [-0.4, -0.2) is 27.3 Å². The number of benzene rings is 2. The highest BCUT2D eigenvalue weighted by Gasteiger charge is 2.34. The molecule has 0 aliphatic carbocycles. The van der Waals surface area contributed by atoms with E-state index >= 15 is 0 Å². The summed E-state index contributed by atoms with van der Waals surface area (Å²) >= 11 is 11.6. The van der Waals surface area contributed by atoms with E-state index in [2.05, 4.69) is 14.8 Å². The molecule has 1 aliphatic rings. The molecule has 9 nitrogen and oxygen atoms in total. The molecule has 12 heteroatoms. The molecule has 0 saturated heterocycles. The number of anilines is 1. The number of rotatable bonds is 9. The zero-order valence-corrected chi connectivity index (χ0v) is 19.5. The molecule has 0 unspecified atom stereocenters. The second-order valence-electron chi connectivity index (χ2n) is 7.12. The van der Waals surface area contributed by atoms with Crippen molar-refractivity contribution >= 4 is 51.6 Å². The summed E-state index contributed by atoms with van der Waals surface area (Å²) in [4.78, 5) is 11.8. The van der Waals surface area contributed by atoms with Crippen LogP contribution < -0.4 is 14.2 Å². The zero-order chi connectivity index (χ0) is 23.4. The number of ether oxygens (including phenoxy) is 2. The Morgan fingerprint density at radius 3 is 2.72 bits per heavy atom. The lowest BCUT2D eigenvalue weighted by atomic mass is 9.94. The first kappa shape index (κ1) is 24.0. The van der Waals surface area contributed by atoms with Gasteiger partial charge in [-0.2, -0.15) is 0 Å². The lowest BCUT2D eigenvalue weighted by Crippen LogP contribution is -2.34. The topological polar surface area (TPSA) is 113 Å². The molecule has 1 aliphatic heterocycles. The van der Waals surface area contributed by atoms with Gasteiger partial charge in [0.1, 0.15) is 17.1 Å². The highest BCUT2D eigenvalue weighted by Crippen LogP contribution is 2.40. The van der Waals surface area contributed by atoms with E-state index in [1.807, 2.05) is 12.1 Å². The number of hydrogen-bond donors (Lipinski definition) is 1. The molecular weight excluding hydrogens is 483 g/mol. The number of nitrogens with zero attached hydrogens (tertiary/aromatic N) is 1. The van der Waals surface area contributed by atoms with Gasteiger partial charge in [-0.1, -0.05) is 40.5 Å². The van der Waals surface area contributed by atoms with Crippen LogP contribution in [0.25, 0.3) is 0 Å². The quantitative estimate of drug-likeness (QED) is 0.282. The second kappa shape index (κ2) is 9.85. The van der Waals surface area contributed by atoms with Gasteiger partial charge in [0, 0.05) is 17.8 Å². The van der Waals surface area contributed by atoms with Gasteiger partial charge in [0.05, 0.1) is 22.3 Å². The monoisotopic (exact) mass is 502 g/mol. The van der Waals surface area contributed by atoms with Crippen molar-refractivity contribution in [3.8, 4) is 11.5 Å². The summed E-state index contributed by atoms with van der Waals surface area (Å²) in [6.07, 6.45) is 1.61. The summed E-state index contributed by atoms with van der Waals surface area (Å²) in [6.45, 7) is 3.89. The number of para-hydroxylation sites is 1. The minimum atomic E-state index is -4.41. The molecule has 1 heterocycles. The summed E-state index contributed by atoms with van der Waals surface area (Å²) in [5.41, 5.74) is 0.597. The average Bonchev–Trinajstić information content (AvgIpc) is 2.69. The number of cyclic esters (lactones) is 1. The predicted octanol–water partition coefficient (Wildman–Crippen LogP) is 5.28. The van der Waals surface area contributed by atoms with Gasteiger partial charge in [-0.25, -0.2) is 9.08 Å². The van der Waals surface area contributed by atoms with Gasteiger partial charge in [-0.3, -0.25) is 5.32 Å². The number of fused-ring (bicyclic) bond motifs is 1. The molecule has 0 saturated carbocycles. The molecule has 0 bridgehead atoms. The fourth-order valence-corrected chi connectivity index (χ4v) is 3.67. The number of amides is 1. The minimum absolute atomic E-state index is 0.0603. The Bertz CT molecular complexity index is 1140. The molecule has 3 rings (SSSR count). The van der Waals surface area contributed by atoms with Crippen molar-refractivity contribution in [2.45, 2.75) is 32.3 Å². The van der Waals surface area contributed by atoms with Crippen molar-refractivity contribution in [2.24, 2.45) is 5.16 Å². The first-order chi connectivity index (χ1) is 15.1. The van der Waals surface area contributed by atoms with Crippen molar-refractivity contribution < 1.29 is 31.2 Å². The third-order valence-electron chi connectivity index (χ3n) is 4.28. The third kappa shape index (κ3) is 6.18. The number of oxime groups is 1. The van der Waals surface area contributed by atoms with Gasteiger partial charge in [-0.15, -0.1) is 8.42 Å². The molecule has 172 valence electrons. The lowest BCUT2D eigenvalue weighted by Gasteiger charge is -2.33. The lowest BCUT2D eigenvalue weighted by molar-refractivity contribution is 0.0416. The molecule has 2 aromatic rings. The van der Waals surface area contributed by atoms with Crippen LogP contribution in [0.5, 0.6) is 11.5 Å². The van der Waals surface area contributed by atoms with Crippen LogP contribution in [0.3, 0.4) is 0 Å². The average molecular weight is 503 g/mol. The van der Waals surface area contributed by atoms with Crippen LogP contribution in [0, 0.1) is 0 Å². The van der Waals surface area contributed by atoms with Crippen LogP contribution in [0.15, 0.2) is 41.6 Å². The van der Waals surface area contributed by atoms with E-state index in [0.29, 0.717) is 30.9 Å². The second-order valence-corrected chi connectivity index (χ2v) is 9.07. The number of unbranched alkanes of at least 4 members (excludes halogenated alkanes) is 1. The summed E-state index contributed by atoms with van der Waals surface area (Å²) in [7, 11) is -4.41. The largest absolute Gasteiger partial charge is 0.521 e. The third-order valence-corrected chi connectivity index (χ3v) is 5.69. The van der Waals surface area contributed by atoms with Crippen molar-refractivity contribution in [3.05, 3.63) is 52.0 Å². The Morgan fingerprint density at radius 1 is 1.19 bits per heavy atom. The van der Waals surface area contributed by atoms with Crippen molar-refractivity contribution in [1.82, 2.24) is 0 Å². The Labute approximate surface area is 195 Å². The molecule has 32 heavy (non-hydrogen) atoms. The number of carbonyl (C=O) groups excluding carboxylic acids is 1. The summed E-state index contributed by atoms with van der Waals surface area (Å²) in [5, 5.41) is 6.45. The molecule has 0 atom stereocenters. The van der Waals surface area contributed by atoms with Crippen molar-refractivity contribution in [1.29, 1.82) is 0 Å². The van der Waals surface area contributed by atoms with Crippen LogP contribution in [0.1, 0.15) is 32.3 Å². The van der Waals surface area contributed by atoms with E-state index in [1.165, 1.54) is 24.4 Å². The predicted molar refractivity (Wildman–Crippen MR) is 120 cm³/mol. The first-order valence-corrected chi connectivity index (χ1v) is 11.5. The summed E-state index contributed by atoms with van der Waals surface area (Å²) < 4.78 is 43.8. The number of nitrogens with one attached hydrogen (secondary N) is 1. The molecule has 0 spiro atoms. The maximum atomic E-state index is 11.8. The van der Waals surface area contributed by atoms with E-state index in [4.69, 9.17) is 36.9 Å². The van der Waals surface area contributed by atoms with Crippen molar-refractivity contribution in [2.75, 3.05) is 11.9 Å². The molecule has 1 N–H and O–H groups in total. The van der Waals surface area contributed by atoms with Gasteiger partial charge in [0.2, 0.25) is 0 Å². The molecule has 0 fully saturated rings. The standard InChI is InChI=1S/C20H20Cl2N2O7S/c1-20(2)14-6-5-7-17(18(14)24-19(25)29-20)28-11-4-3-10-23-31-32(26,27)30-13-8-9-15(21)16(22)12-13/h5-10,12H,3-4,11H2,1-2H3,(H,24,25). The van der Waals surface area contributed by atoms with Gasteiger partial charge < -0.3 is 13.7 Å². The molecular formula is C20H20Cl2N2O7S. The molecule has 2 aromatic carbocycles. The molecule has 0 radical (unpaired) electrons. The van der Waals surface area contributed by atoms with Crippen molar-refractivity contribution in [3.63, 3.8) is 0 Å². The Kier molecular flexibility index (Phi) is 7.37. The van der Waals surface area contributed by atoms with Gasteiger partial charge in [0.15, 0.2) is 0 Å². The SMILES string of the molecule is CC1(C)OC(=O)Nc2c(OCCCC=NOS(=O)(=O)Oc3ccc(Cl)c(Cl)c3)cccc21. The smallest absolute Gasteiger partial charge is 0.491 e. The van der Waals surface area contributed by atoms with Gasteiger partial charge in [0.25, 0.3) is 0 Å². The van der Waals surface area contributed by atoms with E-state index < -0.39 is 22.1 Å². The van der Waals surface area contributed by atoms with Gasteiger partial charge in [-0.05, 0) is 44.9 Å². The summed E-state index contributed by atoms with van der Waals surface area (Å²) in [5.74, 6) is 0.452. The Morgan fingerprint density at radius 2 is 1.97 bits per heavy atom. The first-order valence-electron chi connectivity index (χ1n) is 9.43. The maximum Gasteiger partial charge on any atom is 0.521 e. The molecule has 0 aromatic heterocycles. The zero-order valence-electron chi connectivity index (χ0n) is 17.1. The molecule has 1 amide bonds. The Hall–Kier alpha value is -2.69. The normalized spacial score (nSPS) is 14.9. The van der Waals surface area contributed by atoms with E-state index in [1.54, 1.807) is 19.9 Å². The van der Waals surface area contributed by atoms with Crippen LogP contribution in [0.4, 0.5) is 10.5 Å². The number of hydrogen-bond acceptors (Lipinski definition) is 8. The minimum Gasteiger partial charge on any atom is -0.491 e. The fraction of sp³-hybridized carbons (Fsp3) is 0.300. The summed E-state index contributed by atoms with van der Waals surface area (Å²) in [6, 6.07) is 9.36. The van der Waals surface area contributed by atoms with Crippen LogP contribution in [0.2, 0.25) is 10.0 Å².